The van der Waals surface area contributed by atoms with Gasteiger partial charge in [-0.1, -0.05) is 0 Å². The molecule has 1 heterocycles. The Balaban J connectivity index is 2.07. The fourth-order valence-electron chi connectivity index (χ4n) is 1.03. The minimum atomic E-state index is 0.249. The molecule has 0 atom stereocenters. The highest BCUT2D eigenvalue weighted by atomic mass is 35.5. The van der Waals surface area contributed by atoms with Crippen LogP contribution in [0.4, 0.5) is 5.82 Å². The molecule has 16 heavy (non-hydrogen) atoms. The summed E-state index contributed by atoms with van der Waals surface area (Å²) in [5, 5.41) is 3.35. The van der Waals surface area contributed by atoms with E-state index in [2.05, 4.69) is 20.2 Å². The third kappa shape index (κ3) is 5.85. The van der Waals surface area contributed by atoms with E-state index < -0.39 is 0 Å². The van der Waals surface area contributed by atoms with Gasteiger partial charge in [-0.05, 0) is 31.8 Å². The van der Waals surface area contributed by atoms with Crippen molar-refractivity contribution in [1.82, 2.24) is 14.9 Å². The van der Waals surface area contributed by atoms with Crippen molar-refractivity contribution >= 4 is 17.4 Å². The maximum atomic E-state index is 5.64. The fourth-order valence-corrected chi connectivity index (χ4v) is 1.18. The monoisotopic (exact) mass is 244 g/mol. The topological polar surface area (TPSA) is 50.3 Å². The molecule has 0 aliphatic rings. The van der Waals surface area contributed by atoms with E-state index in [0.717, 1.165) is 19.0 Å². The molecule has 0 unspecified atom stereocenters. The van der Waals surface area contributed by atoms with Crippen LogP contribution in [0, 0.1) is 0 Å². The van der Waals surface area contributed by atoms with Gasteiger partial charge in [0.15, 0.2) is 0 Å². The van der Waals surface area contributed by atoms with Crippen LogP contribution in [0.25, 0.3) is 0 Å². The Kier molecular flexibility index (Phi) is 6.07. The molecule has 0 amide bonds. The molecular formula is C10H17ClN4O. The number of nitrogens with one attached hydrogen (secondary N) is 1. The second-order valence-electron chi connectivity index (χ2n) is 3.55. The van der Waals surface area contributed by atoms with E-state index in [1.807, 2.05) is 14.1 Å². The Morgan fingerprint density at radius 1 is 1.44 bits per heavy atom. The molecule has 0 bridgehead atoms. The van der Waals surface area contributed by atoms with Crippen LogP contribution < -0.4 is 5.32 Å². The lowest BCUT2D eigenvalue weighted by atomic mass is 10.5. The van der Waals surface area contributed by atoms with Crippen LogP contribution in [0.5, 0.6) is 0 Å². The minimum Gasteiger partial charge on any atom is -0.378 e. The summed E-state index contributed by atoms with van der Waals surface area (Å²) in [7, 11) is 4.04. The summed E-state index contributed by atoms with van der Waals surface area (Å²) in [5.74, 6) is 0.719. The van der Waals surface area contributed by atoms with Crippen LogP contribution >= 0.6 is 11.6 Å². The Hall–Kier alpha value is -0.910. The average molecular weight is 245 g/mol. The van der Waals surface area contributed by atoms with Gasteiger partial charge in [0, 0.05) is 19.3 Å². The lowest BCUT2D eigenvalue weighted by molar-refractivity contribution is 0.126. The number of anilines is 1. The van der Waals surface area contributed by atoms with E-state index >= 15 is 0 Å². The van der Waals surface area contributed by atoms with Gasteiger partial charge in [0.2, 0.25) is 5.28 Å². The highest BCUT2D eigenvalue weighted by molar-refractivity contribution is 6.28. The zero-order valence-corrected chi connectivity index (χ0v) is 10.4. The van der Waals surface area contributed by atoms with E-state index in [0.29, 0.717) is 13.2 Å². The van der Waals surface area contributed by atoms with Gasteiger partial charge in [0.25, 0.3) is 0 Å². The molecule has 1 aromatic heterocycles. The zero-order valence-electron chi connectivity index (χ0n) is 9.61. The summed E-state index contributed by atoms with van der Waals surface area (Å²) >= 11 is 5.64. The van der Waals surface area contributed by atoms with Crippen LogP contribution in [0.15, 0.2) is 12.3 Å². The van der Waals surface area contributed by atoms with Crippen molar-refractivity contribution in [2.24, 2.45) is 0 Å². The summed E-state index contributed by atoms with van der Waals surface area (Å²) in [4.78, 5) is 9.87. The van der Waals surface area contributed by atoms with Crippen molar-refractivity contribution < 1.29 is 4.74 Å². The molecule has 0 radical (unpaired) electrons. The summed E-state index contributed by atoms with van der Waals surface area (Å²) in [6, 6.07) is 1.77. The third-order valence-corrected chi connectivity index (χ3v) is 2.04. The van der Waals surface area contributed by atoms with Crippen LogP contribution in [0.1, 0.15) is 0 Å². The standard InChI is InChI=1S/C10H17ClN4O/c1-15(2)6-8-16-7-5-12-9-3-4-13-10(11)14-9/h3-4H,5-8H2,1-2H3,(H,12,13,14). The molecule has 1 aromatic rings. The predicted molar refractivity (Wildman–Crippen MR) is 64.9 cm³/mol. The largest absolute Gasteiger partial charge is 0.378 e. The van der Waals surface area contributed by atoms with E-state index in [1.54, 1.807) is 12.3 Å². The molecule has 1 rings (SSSR count). The molecule has 0 aliphatic heterocycles. The van der Waals surface area contributed by atoms with E-state index in [4.69, 9.17) is 16.3 Å². The first kappa shape index (κ1) is 13.2. The minimum absolute atomic E-state index is 0.249. The lowest BCUT2D eigenvalue weighted by Gasteiger charge is -2.10. The van der Waals surface area contributed by atoms with Crippen molar-refractivity contribution in [2.45, 2.75) is 0 Å². The first-order valence-electron chi connectivity index (χ1n) is 5.13. The quantitative estimate of drug-likeness (QED) is 0.576. The molecule has 1 N–H and O–H groups in total. The first-order chi connectivity index (χ1) is 7.68. The number of hydrogen-bond donors (Lipinski definition) is 1. The summed E-state index contributed by atoms with van der Waals surface area (Å²) < 4.78 is 5.42. The van der Waals surface area contributed by atoms with Crippen LogP contribution in [0.3, 0.4) is 0 Å². The zero-order chi connectivity index (χ0) is 11.8. The second kappa shape index (κ2) is 7.38. The van der Waals surface area contributed by atoms with Crippen molar-refractivity contribution in [3.8, 4) is 0 Å². The highest BCUT2D eigenvalue weighted by Gasteiger charge is 1.95. The molecule has 0 aromatic carbocycles. The van der Waals surface area contributed by atoms with E-state index in [-0.39, 0.29) is 5.28 Å². The van der Waals surface area contributed by atoms with Gasteiger partial charge < -0.3 is 15.0 Å². The summed E-state index contributed by atoms with van der Waals surface area (Å²) in [6.07, 6.45) is 1.62. The van der Waals surface area contributed by atoms with Gasteiger partial charge in [-0.15, -0.1) is 0 Å². The van der Waals surface area contributed by atoms with Crippen molar-refractivity contribution in [3.05, 3.63) is 17.5 Å². The van der Waals surface area contributed by atoms with Gasteiger partial charge in [-0.3, -0.25) is 0 Å². The van der Waals surface area contributed by atoms with Crippen molar-refractivity contribution in [1.29, 1.82) is 0 Å². The van der Waals surface area contributed by atoms with Crippen LogP contribution in [-0.2, 0) is 4.74 Å². The molecule has 0 saturated heterocycles. The SMILES string of the molecule is CN(C)CCOCCNc1ccnc(Cl)n1. The smallest absolute Gasteiger partial charge is 0.224 e. The highest BCUT2D eigenvalue weighted by Crippen LogP contribution is 2.04. The van der Waals surface area contributed by atoms with Gasteiger partial charge >= 0.3 is 0 Å². The van der Waals surface area contributed by atoms with Gasteiger partial charge in [-0.2, -0.15) is 0 Å². The first-order valence-corrected chi connectivity index (χ1v) is 5.51. The number of aromatic nitrogens is 2. The second-order valence-corrected chi connectivity index (χ2v) is 3.89. The van der Waals surface area contributed by atoms with Crippen LogP contribution in [-0.4, -0.2) is 55.3 Å². The molecular weight excluding hydrogens is 228 g/mol. The Labute approximate surface area is 101 Å². The molecule has 0 saturated carbocycles. The molecule has 6 heteroatoms. The van der Waals surface area contributed by atoms with Crippen molar-refractivity contribution in [2.75, 3.05) is 45.7 Å². The maximum absolute atomic E-state index is 5.64. The Bertz CT molecular complexity index is 309. The number of likely N-dealkylation sites (N-methyl/N-ethyl adjacent to an activating group) is 1. The van der Waals surface area contributed by atoms with E-state index in [9.17, 15) is 0 Å². The maximum Gasteiger partial charge on any atom is 0.224 e. The molecule has 90 valence electrons. The van der Waals surface area contributed by atoms with Gasteiger partial charge in [-0.25, -0.2) is 9.97 Å². The number of nitrogens with zero attached hydrogens (tertiary/aromatic N) is 3. The Morgan fingerprint density at radius 3 is 2.94 bits per heavy atom. The summed E-state index contributed by atoms with van der Waals surface area (Å²) in [5.41, 5.74) is 0. The molecule has 0 fully saturated rings. The predicted octanol–water partition coefficient (Wildman–Crippen LogP) is 1.12. The third-order valence-electron chi connectivity index (χ3n) is 1.86. The molecule has 5 nitrogen and oxygen atoms in total. The Morgan fingerprint density at radius 2 is 2.25 bits per heavy atom. The average Bonchev–Trinajstić information content (AvgIpc) is 2.23. The fraction of sp³-hybridized carbons (Fsp3) is 0.600. The van der Waals surface area contributed by atoms with Gasteiger partial charge in [0.05, 0.1) is 13.2 Å². The van der Waals surface area contributed by atoms with Crippen LogP contribution in [0.2, 0.25) is 5.28 Å². The number of rotatable bonds is 7. The lowest BCUT2D eigenvalue weighted by Crippen LogP contribution is -2.20. The number of halogens is 1. The molecule has 0 aliphatic carbocycles. The number of ether oxygens (including phenoxy) is 1. The van der Waals surface area contributed by atoms with Crippen molar-refractivity contribution in [3.63, 3.8) is 0 Å². The normalized spacial score (nSPS) is 10.8. The molecule has 0 spiro atoms. The van der Waals surface area contributed by atoms with E-state index in [1.165, 1.54) is 0 Å². The number of hydrogen-bond acceptors (Lipinski definition) is 5. The van der Waals surface area contributed by atoms with Gasteiger partial charge in [0.1, 0.15) is 5.82 Å². The summed E-state index contributed by atoms with van der Waals surface area (Å²) in [6.45, 7) is 3.02.